The van der Waals surface area contributed by atoms with Gasteiger partial charge in [-0.1, -0.05) is 24.1 Å². The molecule has 0 aliphatic heterocycles. The fraction of sp³-hybridized carbons (Fsp3) is 0.0769. The highest BCUT2D eigenvalue weighted by Crippen LogP contribution is 2.32. The van der Waals surface area contributed by atoms with Crippen LogP contribution in [0.4, 0.5) is 0 Å². The van der Waals surface area contributed by atoms with E-state index in [0.717, 1.165) is 10.4 Å². The summed E-state index contributed by atoms with van der Waals surface area (Å²) in [7, 11) is 0. The van der Waals surface area contributed by atoms with Crippen molar-refractivity contribution in [1.82, 2.24) is 0 Å². The Morgan fingerprint density at radius 3 is 2.33 bits per heavy atom. The van der Waals surface area contributed by atoms with Gasteiger partial charge in [0, 0.05) is 10.4 Å². The number of hydrogen-bond acceptors (Lipinski definition) is 2. The molecule has 2 heteroatoms. The van der Waals surface area contributed by atoms with E-state index in [-0.39, 0.29) is 6.61 Å². The van der Waals surface area contributed by atoms with Crippen LogP contribution in [0.1, 0.15) is 10.4 Å². The van der Waals surface area contributed by atoms with Crippen molar-refractivity contribution in [1.29, 1.82) is 0 Å². The minimum absolute atomic E-state index is 0.0528. The molecular weight excluding hydrogens is 204 g/mol. The Balaban J connectivity index is 0.000000121. The number of rotatable bonds is 1. The molecule has 0 bridgehead atoms. The Morgan fingerprint density at radius 2 is 2.00 bits per heavy atom. The van der Waals surface area contributed by atoms with Gasteiger partial charge >= 0.3 is 0 Å². The summed E-state index contributed by atoms with van der Waals surface area (Å²) in [5.74, 6) is 2.48. The summed E-state index contributed by atoms with van der Waals surface area (Å²) in [6.07, 6.45) is 5.12. The van der Waals surface area contributed by atoms with E-state index in [1.165, 1.54) is 22.5 Å². The van der Waals surface area contributed by atoms with Crippen LogP contribution in [0.25, 0.3) is 11.1 Å². The molecule has 15 heavy (non-hydrogen) atoms. The first-order chi connectivity index (χ1) is 7.35. The maximum absolute atomic E-state index is 8.65. The van der Waals surface area contributed by atoms with Crippen LogP contribution in [-0.4, -0.2) is 5.11 Å². The molecule has 2 aliphatic carbocycles. The maximum Gasteiger partial charge on any atom is 0.0787 e. The minimum Gasteiger partial charge on any atom is -0.391 e. The van der Waals surface area contributed by atoms with Gasteiger partial charge in [0.05, 0.1) is 6.61 Å². The van der Waals surface area contributed by atoms with Crippen LogP contribution in [-0.2, 0) is 6.61 Å². The summed E-state index contributed by atoms with van der Waals surface area (Å²) in [5, 5.41) is 10.5. The van der Waals surface area contributed by atoms with Gasteiger partial charge < -0.3 is 5.11 Å². The van der Waals surface area contributed by atoms with Crippen LogP contribution in [0.2, 0.25) is 0 Å². The molecule has 1 N–H and O–H groups in total. The van der Waals surface area contributed by atoms with Crippen LogP contribution in [0.15, 0.2) is 35.7 Å². The third kappa shape index (κ3) is 2.27. The summed E-state index contributed by atoms with van der Waals surface area (Å²) < 4.78 is 0. The van der Waals surface area contributed by atoms with Crippen LogP contribution in [0.5, 0.6) is 0 Å². The van der Waals surface area contributed by atoms with Crippen LogP contribution < -0.4 is 0 Å². The number of fused-ring (bicyclic) bond motifs is 1. The number of benzene rings is 1. The van der Waals surface area contributed by atoms with E-state index in [9.17, 15) is 0 Å². The van der Waals surface area contributed by atoms with Gasteiger partial charge in [-0.2, -0.15) is 0 Å². The van der Waals surface area contributed by atoms with Crippen molar-refractivity contribution < 1.29 is 5.11 Å². The van der Waals surface area contributed by atoms with Crippen molar-refractivity contribution in [3.05, 3.63) is 46.2 Å². The van der Waals surface area contributed by atoms with Crippen molar-refractivity contribution in [2.24, 2.45) is 0 Å². The van der Waals surface area contributed by atoms with E-state index >= 15 is 0 Å². The topological polar surface area (TPSA) is 20.2 Å². The average molecular weight is 214 g/mol. The van der Waals surface area contributed by atoms with Crippen molar-refractivity contribution >= 4 is 11.3 Å². The highest BCUT2D eigenvalue weighted by atomic mass is 32.1. The zero-order chi connectivity index (χ0) is 10.7. The second-order valence-corrected chi connectivity index (χ2v) is 4.14. The van der Waals surface area contributed by atoms with Gasteiger partial charge in [0.1, 0.15) is 0 Å². The third-order valence-electron chi connectivity index (χ3n) is 2.16. The first-order valence-electron chi connectivity index (χ1n) is 4.59. The molecule has 0 saturated carbocycles. The average Bonchev–Trinajstić information content (AvgIpc) is 2.73. The molecule has 3 rings (SSSR count). The number of terminal acetylenes is 1. The molecule has 74 valence electrons. The lowest BCUT2D eigenvalue weighted by atomic mass is 10.3. The van der Waals surface area contributed by atoms with Gasteiger partial charge in [-0.3, -0.25) is 0 Å². The van der Waals surface area contributed by atoms with Crippen LogP contribution in [0.3, 0.4) is 0 Å². The fourth-order valence-corrected chi connectivity index (χ4v) is 1.96. The summed E-state index contributed by atoms with van der Waals surface area (Å²) in [6, 6.07) is 10.3. The Morgan fingerprint density at radius 1 is 1.27 bits per heavy atom. The molecule has 0 fully saturated rings. The first kappa shape index (κ1) is 9.97. The smallest absolute Gasteiger partial charge is 0.0787 e. The maximum atomic E-state index is 8.65. The molecule has 0 atom stereocenters. The van der Waals surface area contributed by atoms with Crippen molar-refractivity contribution in [2.75, 3.05) is 0 Å². The molecule has 1 aromatic rings. The fourth-order valence-electron chi connectivity index (χ4n) is 1.27. The van der Waals surface area contributed by atoms with E-state index < -0.39 is 0 Å². The predicted molar refractivity (Wildman–Crippen MR) is 63.6 cm³/mol. The van der Waals surface area contributed by atoms with Gasteiger partial charge in [0.15, 0.2) is 0 Å². The molecule has 1 heterocycles. The van der Waals surface area contributed by atoms with E-state index in [1.807, 2.05) is 11.4 Å². The van der Waals surface area contributed by atoms with Crippen LogP contribution >= 0.6 is 11.3 Å². The first-order valence-corrected chi connectivity index (χ1v) is 5.47. The molecular formula is C13H10OS. The lowest BCUT2D eigenvalue weighted by Crippen LogP contribution is -1.78. The molecule has 1 nitrogen and oxygen atoms in total. The predicted octanol–water partition coefficient (Wildman–Crippen LogP) is 2.89. The van der Waals surface area contributed by atoms with E-state index in [0.29, 0.717) is 0 Å². The summed E-state index contributed by atoms with van der Waals surface area (Å²) in [4.78, 5) is 0.873. The lowest BCUT2D eigenvalue weighted by molar-refractivity contribution is 0.285. The Hall–Kier alpha value is -1.56. The number of aliphatic hydroxyl groups excluding tert-OH is 1. The van der Waals surface area contributed by atoms with Crippen molar-refractivity contribution in [3.63, 3.8) is 0 Å². The van der Waals surface area contributed by atoms with E-state index in [2.05, 4.69) is 30.2 Å². The SMILES string of the molecule is C#Cc1ccsc1CO.c1cc2cc-2c1. The van der Waals surface area contributed by atoms with Gasteiger partial charge in [0.25, 0.3) is 0 Å². The molecule has 0 spiro atoms. The Labute approximate surface area is 93.0 Å². The highest BCUT2D eigenvalue weighted by molar-refractivity contribution is 7.10. The second kappa shape index (κ2) is 4.31. The molecule has 0 saturated heterocycles. The molecule has 2 aliphatic rings. The second-order valence-electron chi connectivity index (χ2n) is 3.14. The van der Waals surface area contributed by atoms with E-state index in [4.69, 9.17) is 11.5 Å². The van der Waals surface area contributed by atoms with Crippen LogP contribution in [0, 0.1) is 12.3 Å². The number of hydrogen-bond donors (Lipinski definition) is 1. The zero-order valence-corrected chi connectivity index (χ0v) is 8.92. The zero-order valence-electron chi connectivity index (χ0n) is 8.10. The Bertz CT molecular complexity index is 488. The van der Waals surface area contributed by atoms with Gasteiger partial charge in [-0.15, -0.1) is 17.8 Å². The van der Waals surface area contributed by atoms with Crippen molar-refractivity contribution in [3.8, 4) is 23.5 Å². The normalized spacial score (nSPS) is 9.87. The largest absolute Gasteiger partial charge is 0.391 e. The van der Waals surface area contributed by atoms with Gasteiger partial charge in [-0.25, -0.2) is 0 Å². The summed E-state index contributed by atoms with van der Waals surface area (Å²) >= 11 is 1.48. The number of aliphatic hydroxyl groups is 1. The molecule has 0 amide bonds. The molecule has 0 unspecified atom stereocenters. The Kier molecular flexibility index (Phi) is 2.86. The summed E-state index contributed by atoms with van der Waals surface area (Å²) in [5.41, 5.74) is 3.66. The lowest BCUT2D eigenvalue weighted by Gasteiger charge is -1.86. The molecule has 0 radical (unpaired) electrons. The summed E-state index contributed by atoms with van der Waals surface area (Å²) in [6.45, 7) is 0.0528. The third-order valence-corrected chi connectivity index (χ3v) is 3.06. The quantitative estimate of drug-likeness (QED) is 0.617. The monoisotopic (exact) mass is 214 g/mol. The van der Waals surface area contributed by atoms with Crippen molar-refractivity contribution in [2.45, 2.75) is 6.61 Å². The van der Waals surface area contributed by atoms with E-state index in [1.54, 1.807) is 0 Å². The molecule has 1 aromatic heterocycles. The number of thiophene rings is 1. The van der Waals surface area contributed by atoms with Gasteiger partial charge in [0.2, 0.25) is 0 Å². The minimum atomic E-state index is 0.0528. The standard InChI is InChI=1S/C7H6OS.C6H4/c1-2-6-3-4-9-7(6)5-8;1-2-5-4-6(5)3-1/h1,3-4,8H,5H2;1-4H. The highest BCUT2D eigenvalue weighted by Gasteiger charge is 2.06. The van der Waals surface area contributed by atoms with Gasteiger partial charge in [-0.05, 0) is 28.6 Å². The molecule has 0 aromatic carbocycles.